The molecule has 9 heteroatoms. The van der Waals surface area contributed by atoms with Crippen LogP contribution >= 0.6 is 11.3 Å². The van der Waals surface area contributed by atoms with E-state index >= 15 is 0 Å². The van der Waals surface area contributed by atoms with Crippen molar-refractivity contribution in [3.8, 4) is 0 Å². The van der Waals surface area contributed by atoms with Crippen LogP contribution in [0.5, 0.6) is 0 Å². The molecule has 0 atom stereocenters. The Bertz CT molecular complexity index is 1100. The normalized spacial score (nSPS) is 14.6. The number of aromatic nitrogens is 3. The average molecular weight is 440 g/mol. The Morgan fingerprint density at radius 1 is 1.13 bits per heavy atom. The molecule has 0 saturated carbocycles. The van der Waals surface area contributed by atoms with Gasteiger partial charge in [-0.2, -0.15) is 0 Å². The molecule has 1 aliphatic heterocycles. The first-order valence-corrected chi connectivity index (χ1v) is 11.2. The molecule has 1 amide bonds. The monoisotopic (exact) mass is 439 g/mol. The minimum atomic E-state index is -0.358. The fourth-order valence-electron chi connectivity index (χ4n) is 3.72. The molecule has 4 rings (SSSR count). The van der Waals surface area contributed by atoms with Gasteiger partial charge in [-0.3, -0.25) is 4.79 Å². The highest BCUT2D eigenvalue weighted by atomic mass is 32.1. The van der Waals surface area contributed by atoms with Crippen molar-refractivity contribution in [1.82, 2.24) is 15.0 Å². The number of aryl methyl sites for hydroxylation is 2. The number of carbonyl (C=O) groups excluding carboxylic acids is 2. The maximum absolute atomic E-state index is 12.8. The molecule has 1 fully saturated rings. The molecule has 0 radical (unpaired) electrons. The number of nitrogens with zero attached hydrogens (tertiary/aromatic N) is 4. The Morgan fingerprint density at radius 2 is 1.84 bits per heavy atom. The second-order valence-electron chi connectivity index (χ2n) is 7.62. The molecule has 0 spiro atoms. The summed E-state index contributed by atoms with van der Waals surface area (Å²) in [5.41, 5.74) is 3.13. The number of benzene rings is 1. The molecule has 0 unspecified atom stereocenters. The number of anilines is 2. The van der Waals surface area contributed by atoms with Crippen molar-refractivity contribution in [1.29, 1.82) is 0 Å². The molecular weight excluding hydrogens is 414 g/mol. The molecule has 1 saturated heterocycles. The summed E-state index contributed by atoms with van der Waals surface area (Å²) in [6.07, 6.45) is 1.47. The molecule has 0 aliphatic carbocycles. The predicted molar refractivity (Wildman–Crippen MR) is 121 cm³/mol. The SMILES string of the molecule is CCOC(=O)c1ccc2nc(NC(=O)C3CCN(c4nc(C)cc(C)n4)CC3)sc2c1. The van der Waals surface area contributed by atoms with E-state index in [1.165, 1.54) is 11.3 Å². The van der Waals surface area contributed by atoms with Gasteiger partial charge >= 0.3 is 5.97 Å². The zero-order valence-corrected chi connectivity index (χ0v) is 18.7. The van der Waals surface area contributed by atoms with Gasteiger partial charge in [0, 0.05) is 30.4 Å². The van der Waals surface area contributed by atoms with Gasteiger partial charge in [0.15, 0.2) is 5.13 Å². The summed E-state index contributed by atoms with van der Waals surface area (Å²) < 4.78 is 5.88. The Labute approximate surface area is 184 Å². The van der Waals surface area contributed by atoms with E-state index in [-0.39, 0.29) is 17.8 Å². The first-order valence-electron chi connectivity index (χ1n) is 10.4. The summed E-state index contributed by atoms with van der Waals surface area (Å²) in [6, 6.07) is 7.17. The minimum Gasteiger partial charge on any atom is -0.462 e. The molecule has 31 heavy (non-hydrogen) atoms. The Balaban J connectivity index is 1.38. The van der Waals surface area contributed by atoms with Gasteiger partial charge in [0.05, 0.1) is 22.4 Å². The third-order valence-corrected chi connectivity index (χ3v) is 6.18. The molecule has 0 bridgehead atoms. The van der Waals surface area contributed by atoms with E-state index in [1.807, 2.05) is 19.9 Å². The molecule has 1 N–H and O–H groups in total. The topological polar surface area (TPSA) is 97.3 Å². The highest BCUT2D eigenvalue weighted by molar-refractivity contribution is 7.22. The number of nitrogens with one attached hydrogen (secondary N) is 1. The molecular formula is C22H25N5O3S. The quantitative estimate of drug-likeness (QED) is 0.605. The van der Waals surface area contributed by atoms with Crippen LogP contribution in [0, 0.1) is 19.8 Å². The Kier molecular flexibility index (Phi) is 6.13. The van der Waals surface area contributed by atoms with Crippen molar-refractivity contribution in [3.05, 3.63) is 41.2 Å². The molecule has 1 aromatic carbocycles. The van der Waals surface area contributed by atoms with Crippen molar-refractivity contribution < 1.29 is 14.3 Å². The second kappa shape index (κ2) is 8.97. The lowest BCUT2D eigenvalue weighted by Crippen LogP contribution is -2.39. The van der Waals surface area contributed by atoms with Gasteiger partial charge < -0.3 is 15.0 Å². The van der Waals surface area contributed by atoms with E-state index < -0.39 is 0 Å². The lowest BCUT2D eigenvalue weighted by atomic mass is 9.96. The Morgan fingerprint density at radius 3 is 2.52 bits per heavy atom. The lowest BCUT2D eigenvalue weighted by Gasteiger charge is -2.31. The number of hydrogen-bond donors (Lipinski definition) is 1. The van der Waals surface area contributed by atoms with Gasteiger partial charge in [-0.15, -0.1) is 0 Å². The third-order valence-electron chi connectivity index (χ3n) is 5.25. The standard InChI is InChI=1S/C22H25N5O3S/c1-4-30-20(29)16-5-6-17-18(12-16)31-22(25-17)26-19(28)15-7-9-27(10-8-15)21-23-13(2)11-14(3)24-21/h5-6,11-12,15H,4,7-10H2,1-3H3,(H,25,26,28). The zero-order valence-electron chi connectivity index (χ0n) is 17.8. The van der Waals surface area contributed by atoms with Crippen LogP contribution in [0.3, 0.4) is 0 Å². The van der Waals surface area contributed by atoms with Crippen molar-refractivity contribution in [2.24, 2.45) is 5.92 Å². The number of hydrogen-bond acceptors (Lipinski definition) is 8. The van der Waals surface area contributed by atoms with Crippen LogP contribution in [0.1, 0.15) is 41.5 Å². The van der Waals surface area contributed by atoms with Crippen molar-refractivity contribution in [3.63, 3.8) is 0 Å². The summed E-state index contributed by atoms with van der Waals surface area (Å²) in [7, 11) is 0. The van der Waals surface area contributed by atoms with Crippen LogP contribution < -0.4 is 10.2 Å². The van der Waals surface area contributed by atoms with E-state index in [0.29, 0.717) is 17.3 Å². The molecule has 2 aromatic heterocycles. The number of amides is 1. The Hall–Kier alpha value is -3.07. The van der Waals surface area contributed by atoms with E-state index in [9.17, 15) is 9.59 Å². The number of carbonyl (C=O) groups is 2. The van der Waals surface area contributed by atoms with Crippen LogP contribution in [0.4, 0.5) is 11.1 Å². The molecule has 3 aromatic rings. The highest BCUT2D eigenvalue weighted by Gasteiger charge is 2.27. The number of piperidine rings is 1. The maximum atomic E-state index is 12.8. The molecule has 8 nitrogen and oxygen atoms in total. The summed E-state index contributed by atoms with van der Waals surface area (Å²) in [6.45, 7) is 7.51. The van der Waals surface area contributed by atoms with Crippen LogP contribution in [-0.2, 0) is 9.53 Å². The fraction of sp³-hybridized carbons (Fsp3) is 0.409. The van der Waals surface area contributed by atoms with Crippen molar-refractivity contribution in [2.45, 2.75) is 33.6 Å². The number of thiazole rings is 1. The first-order chi connectivity index (χ1) is 14.9. The molecule has 3 heterocycles. The minimum absolute atomic E-state index is 0.0225. The number of fused-ring (bicyclic) bond motifs is 1. The largest absolute Gasteiger partial charge is 0.462 e. The number of esters is 1. The van der Waals surface area contributed by atoms with E-state index in [0.717, 1.165) is 53.5 Å². The predicted octanol–water partition coefficient (Wildman–Crippen LogP) is 3.73. The van der Waals surface area contributed by atoms with Gasteiger partial charge in [-0.25, -0.2) is 19.7 Å². The maximum Gasteiger partial charge on any atom is 0.338 e. The first kappa shape index (κ1) is 21.2. The average Bonchev–Trinajstić information content (AvgIpc) is 3.14. The molecule has 162 valence electrons. The van der Waals surface area contributed by atoms with E-state index in [2.05, 4.69) is 25.2 Å². The zero-order chi connectivity index (χ0) is 22.0. The van der Waals surface area contributed by atoms with Gasteiger partial charge in [-0.05, 0) is 57.9 Å². The van der Waals surface area contributed by atoms with E-state index in [1.54, 1.807) is 25.1 Å². The third kappa shape index (κ3) is 4.82. The van der Waals surface area contributed by atoms with Crippen LogP contribution in [-0.4, -0.2) is 46.5 Å². The van der Waals surface area contributed by atoms with Crippen LogP contribution in [0.25, 0.3) is 10.2 Å². The summed E-state index contributed by atoms with van der Waals surface area (Å²) in [5, 5.41) is 3.49. The van der Waals surface area contributed by atoms with Gasteiger partial charge in [0.2, 0.25) is 11.9 Å². The van der Waals surface area contributed by atoms with Gasteiger partial charge in [0.25, 0.3) is 0 Å². The summed E-state index contributed by atoms with van der Waals surface area (Å²) in [4.78, 5) is 40.4. The van der Waals surface area contributed by atoms with Crippen LogP contribution in [0.2, 0.25) is 0 Å². The van der Waals surface area contributed by atoms with E-state index in [4.69, 9.17) is 4.74 Å². The van der Waals surface area contributed by atoms with Crippen molar-refractivity contribution in [2.75, 3.05) is 29.9 Å². The molecule has 1 aliphatic rings. The summed E-state index contributed by atoms with van der Waals surface area (Å²) >= 11 is 1.36. The van der Waals surface area contributed by atoms with Gasteiger partial charge in [-0.1, -0.05) is 11.3 Å². The summed E-state index contributed by atoms with van der Waals surface area (Å²) in [5.74, 6) is 0.276. The number of ether oxygens (including phenoxy) is 1. The number of rotatable bonds is 5. The smallest absolute Gasteiger partial charge is 0.338 e. The van der Waals surface area contributed by atoms with Gasteiger partial charge in [0.1, 0.15) is 0 Å². The van der Waals surface area contributed by atoms with Crippen molar-refractivity contribution >= 4 is 44.5 Å². The highest BCUT2D eigenvalue weighted by Crippen LogP contribution is 2.29. The second-order valence-corrected chi connectivity index (χ2v) is 8.65. The van der Waals surface area contributed by atoms with Crippen LogP contribution in [0.15, 0.2) is 24.3 Å². The lowest BCUT2D eigenvalue weighted by molar-refractivity contribution is -0.120. The fourth-order valence-corrected chi connectivity index (χ4v) is 4.63.